The van der Waals surface area contributed by atoms with Gasteiger partial charge in [-0.15, -0.1) is 0 Å². The molecule has 4 rings (SSSR count). The number of piperazine rings is 1. The van der Waals surface area contributed by atoms with E-state index in [9.17, 15) is 14.4 Å². The molecular formula is C27H32ClN3O5. The molecule has 2 fully saturated rings. The lowest BCUT2D eigenvalue weighted by Gasteiger charge is -2.47. The molecule has 2 saturated heterocycles. The van der Waals surface area contributed by atoms with E-state index >= 15 is 0 Å². The average Bonchev–Trinajstić information content (AvgIpc) is 3.27. The molecule has 0 aliphatic carbocycles. The van der Waals surface area contributed by atoms with Gasteiger partial charge in [0.2, 0.25) is 5.91 Å². The second-order valence-electron chi connectivity index (χ2n) is 10.3. The van der Waals surface area contributed by atoms with Crippen LogP contribution in [0.1, 0.15) is 38.3 Å². The third-order valence-electron chi connectivity index (χ3n) is 6.52. The maximum atomic E-state index is 14.0. The predicted octanol–water partition coefficient (Wildman–Crippen LogP) is 4.10. The molecule has 2 aromatic rings. The van der Waals surface area contributed by atoms with Crippen LogP contribution in [0.5, 0.6) is 5.75 Å². The predicted molar refractivity (Wildman–Crippen MR) is 136 cm³/mol. The quantitative estimate of drug-likeness (QED) is 0.601. The van der Waals surface area contributed by atoms with Crippen LogP contribution in [0.3, 0.4) is 0 Å². The largest absolute Gasteiger partial charge is 0.497 e. The van der Waals surface area contributed by atoms with Crippen molar-refractivity contribution in [3.05, 3.63) is 64.7 Å². The van der Waals surface area contributed by atoms with Crippen molar-refractivity contribution in [1.82, 2.24) is 14.7 Å². The van der Waals surface area contributed by atoms with Crippen molar-refractivity contribution in [2.24, 2.45) is 0 Å². The van der Waals surface area contributed by atoms with E-state index in [2.05, 4.69) is 0 Å². The third kappa shape index (κ3) is 5.43. The van der Waals surface area contributed by atoms with Gasteiger partial charge in [0.05, 0.1) is 13.7 Å². The van der Waals surface area contributed by atoms with Crippen molar-refractivity contribution in [2.45, 2.75) is 51.4 Å². The summed E-state index contributed by atoms with van der Waals surface area (Å²) in [4.78, 5) is 45.2. The van der Waals surface area contributed by atoms with Crippen LogP contribution in [0, 0.1) is 0 Å². The fourth-order valence-electron chi connectivity index (χ4n) is 4.73. The van der Waals surface area contributed by atoms with Crippen molar-refractivity contribution < 1.29 is 23.9 Å². The van der Waals surface area contributed by atoms with Gasteiger partial charge in [-0.25, -0.2) is 4.79 Å². The lowest BCUT2D eigenvalue weighted by Crippen LogP contribution is -2.68. The smallest absolute Gasteiger partial charge is 0.410 e. The van der Waals surface area contributed by atoms with Crippen LogP contribution in [0.4, 0.5) is 4.79 Å². The van der Waals surface area contributed by atoms with Gasteiger partial charge in [-0.1, -0.05) is 35.9 Å². The summed E-state index contributed by atoms with van der Waals surface area (Å²) in [5.41, 5.74) is -0.0828. The molecule has 0 aromatic heterocycles. The molecule has 2 aliphatic rings. The second-order valence-corrected chi connectivity index (χ2v) is 10.7. The Bertz CT molecular complexity index is 1130. The van der Waals surface area contributed by atoms with E-state index in [1.54, 1.807) is 49.8 Å². The van der Waals surface area contributed by atoms with Crippen LogP contribution in [-0.4, -0.2) is 70.5 Å². The first-order valence-electron chi connectivity index (χ1n) is 12.0. The number of likely N-dealkylation sites (tertiary alicyclic amines) is 1. The minimum absolute atomic E-state index is 0.0351. The van der Waals surface area contributed by atoms with Gasteiger partial charge in [0.1, 0.15) is 23.4 Å². The molecule has 1 spiro atoms. The maximum absolute atomic E-state index is 14.0. The van der Waals surface area contributed by atoms with E-state index in [-0.39, 0.29) is 38.0 Å². The summed E-state index contributed by atoms with van der Waals surface area (Å²) in [6.45, 7) is 6.31. The van der Waals surface area contributed by atoms with Crippen molar-refractivity contribution >= 4 is 29.5 Å². The standard InChI is InChI=1S/C27H32ClN3O5/c1-26(2,3)36-25(34)29-14-13-27(18-29)24(33)30(15-19-7-11-22(35-4)12-8-19)17-23(32)31(27)16-20-5-9-21(28)10-6-20/h5-12H,13-18H2,1-4H3. The van der Waals surface area contributed by atoms with E-state index in [1.165, 1.54) is 4.90 Å². The van der Waals surface area contributed by atoms with Gasteiger partial charge in [-0.05, 0) is 62.6 Å². The number of amides is 3. The lowest BCUT2D eigenvalue weighted by molar-refractivity contribution is -0.165. The van der Waals surface area contributed by atoms with Gasteiger partial charge in [0.25, 0.3) is 5.91 Å². The number of hydrogen-bond acceptors (Lipinski definition) is 5. The summed E-state index contributed by atoms with van der Waals surface area (Å²) in [6, 6.07) is 14.6. The fourth-order valence-corrected chi connectivity index (χ4v) is 4.86. The Kier molecular flexibility index (Phi) is 7.18. The molecule has 0 bridgehead atoms. The Hall–Kier alpha value is -3.26. The van der Waals surface area contributed by atoms with E-state index in [1.807, 2.05) is 36.4 Å². The number of methoxy groups -OCH3 is 1. The van der Waals surface area contributed by atoms with E-state index in [0.717, 1.165) is 11.1 Å². The average molecular weight is 514 g/mol. The molecule has 0 saturated carbocycles. The first-order valence-corrected chi connectivity index (χ1v) is 12.3. The monoisotopic (exact) mass is 513 g/mol. The maximum Gasteiger partial charge on any atom is 0.410 e. The summed E-state index contributed by atoms with van der Waals surface area (Å²) in [6.07, 6.45) is -0.151. The van der Waals surface area contributed by atoms with Crippen LogP contribution in [-0.2, 0) is 27.4 Å². The molecule has 2 aromatic carbocycles. The van der Waals surface area contributed by atoms with E-state index < -0.39 is 17.2 Å². The first kappa shape index (κ1) is 25.8. The van der Waals surface area contributed by atoms with E-state index in [4.69, 9.17) is 21.1 Å². The zero-order valence-electron chi connectivity index (χ0n) is 21.1. The SMILES string of the molecule is COc1ccc(CN2CC(=O)N(Cc3ccc(Cl)cc3)C3(CCN(C(=O)OC(C)(C)C)C3)C2=O)cc1. The van der Waals surface area contributed by atoms with E-state index in [0.29, 0.717) is 23.7 Å². The van der Waals surface area contributed by atoms with Gasteiger partial charge >= 0.3 is 6.09 Å². The van der Waals surface area contributed by atoms with Gasteiger partial charge < -0.3 is 24.2 Å². The Balaban J connectivity index is 1.63. The Morgan fingerprint density at radius 3 is 2.22 bits per heavy atom. The number of nitrogens with zero attached hydrogens (tertiary/aromatic N) is 3. The topological polar surface area (TPSA) is 79.4 Å². The molecule has 2 aliphatic heterocycles. The van der Waals surface area contributed by atoms with Gasteiger partial charge in [0.15, 0.2) is 0 Å². The first-order chi connectivity index (χ1) is 17.0. The minimum atomic E-state index is -1.17. The molecule has 1 unspecified atom stereocenters. The van der Waals surface area contributed by atoms with Crippen LogP contribution in [0.2, 0.25) is 5.02 Å². The van der Waals surface area contributed by atoms with Gasteiger partial charge in [-0.2, -0.15) is 0 Å². The van der Waals surface area contributed by atoms with Crippen molar-refractivity contribution in [3.63, 3.8) is 0 Å². The minimum Gasteiger partial charge on any atom is -0.497 e. The highest BCUT2D eigenvalue weighted by Gasteiger charge is 2.57. The summed E-state index contributed by atoms with van der Waals surface area (Å²) in [5, 5.41) is 0.595. The van der Waals surface area contributed by atoms with Gasteiger partial charge in [0, 0.05) is 24.7 Å². The molecule has 192 valence electrons. The zero-order valence-corrected chi connectivity index (χ0v) is 21.9. The number of halogens is 1. The van der Waals surface area contributed by atoms with Crippen LogP contribution >= 0.6 is 11.6 Å². The summed E-state index contributed by atoms with van der Waals surface area (Å²) < 4.78 is 10.8. The second kappa shape index (κ2) is 10.0. The van der Waals surface area contributed by atoms with Crippen molar-refractivity contribution in [3.8, 4) is 5.75 Å². The number of carbonyl (C=O) groups excluding carboxylic acids is 3. The highest BCUT2D eigenvalue weighted by Crippen LogP contribution is 2.36. The Morgan fingerprint density at radius 2 is 1.61 bits per heavy atom. The highest BCUT2D eigenvalue weighted by atomic mass is 35.5. The molecular weight excluding hydrogens is 482 g/mol. The van der Waals surface area contributed by atoms with Gasteiger partial charge in [-0.3, -0.25) is 9.59 Å². The molecule has 36 heavy (non-hydrogen) atoms. The summed E-state index contributed by atoms with van der Waals surface area (Å²) >= 11 is 6.04. The fraction of sp³-hybridized carbons (Fsp3) is 0.444. The highest BCUT2D eigenvalue weighted by molar-refractivity contribution is 6.30. The Morgan fingerprint density at radius 1 is 1.00 bits per heavy atom. The molecule has 0 N–H and O–H groups in total. The van der Waals surface area contributed by atoms with Crippen molar-refractivity contribution in [2.75, 3.05) is 26.7 Å². The zero-order chi connectivity index (χ0) is 26.1. The number of hydrogen-bond donors (Lipinski definition) is 0. The number of rotatable bonds is 5. The van der Waals surface area contributed by atoms with Crippen LogP contribution < -0.4 is 4.74 Å². The third-order valence-corrected chi connectivity index (χ3v) is 6.77. The molecule has 8 nitrogen and oxygen atoms in total. The molecule has 3 amide bonds. The van der Waals surface area contributed by atoms with Crippen molar-refractivity contribution in [1.29, 1.82) is 0 Å². The normalized spacial score (nSPS) is 20.3. The summed E-state index contributed by atoms with van der Waals surface area (Å²) in [7, 11) is 1.59. The van der Waals surface area contributed by atoms with Crippen LogP contribution in [0.15, 0.2) is 48.5 Å². The Labute approximate surface area is 216 Å². The summed E-state index contributed by atoms with van der Waals surface area (Å²) in [5.74, 6) is 0.385. The molecule has 2 heterocycles. The number of carbonyl (C=O) groups is 3. The molecule has 9 heteroatoms. The lowest BCUT2D eigenvalue weighted by atomic mass is 9.90. The number of ether oxygens (including phenoxy) is 2. The molecule has 1 atom stereocenters. The number of benzene rings is 2. The molecule has 0 radical (unpaired) electrons. The van der Waals surface area contributed by atoms with Crippen LogP contribution in [0.25, 0.3) is 0 Å².